The number of nitrogens with one attached hydrogen (secondary N) is 14. The number of guanidine groups is 2. The van der Waals surface area contributed by atoms with E-state index < -0.39 is 198 Å². The number of H-pyrrole nitrogens is 1. The Hall–Kier alpha value is -10.8. The van der Waals surface area contributed by atoms with Crippen LogP contribution in [0.4, 0.5) is 0 Å². The molecule has 0 unspecified atom stereocenters. The summed E-state index contributed by atoms with van der Waals surface area (Å²) in [5.41, 5.74) is 40.9. The number of aliphatic hydroxyl groups excluding tert-OH is 1. The number of unbranched alkanes of at least 4 members (excludes halogenated alkanes) is 1. The number of aromatic nitrogens is 2. The first-order valence-electron chi connectivity index (χ1n) is 41.5. The van der Waals surface area contributed by atoms with Crippen LogP contribution >= 0.6 is 11.8 Å². The molecule has 1 aromatic carbocycles. The standard InChI is InChI=1S/C80H138N24O17S/c1-15-46(12)63(76(118)100-56(35-43(6)7)70(112)96-54(33-41(2)3)69(111)97-57(36-48-23-17-16-18-24-48)71(113)95-53(78(120)121)28-32-122-14)103-73(115)59(38-60(82)106)101-75(117)62(45(10)11)102-72(114)58(37-49-39-88-40-91-49)98-66(108)52(27-22-31-90-80(86)87)94-77(119)64(47(13)105)104-67(109)50(25-19-20-29-81)92-65(107)51(26-21-30-89-79(84)85)93-68(110)55(34-42(4)5)99-74(116)61(83)44(8)9/h16-18,23-24,39-47,50-59,61-64,105H,15,19-22,25-38,81,83H2,1-14H3,(H2,82,106)(H,88,91)(H,92,107)(H,93,110)(H,94,119)(H,95,113)(H,96,112)(H,97,111)(H,98,108)(H,99,116)(H,100,118)(H,101,117)(H,102,114)(H,103,115)(H,104,109)(H,120,121)(H4,84,85,89)(H4,86,87,90)/t46-,47+,50-,51-,52-,53-,54-,55-,56-,57-,58-,59-,61-,62-,63-,64-/m0/s1. The molecule has 30 N–H and O–H groups in total. The number of carboxylic acids is 1. The first-order chi connectivity index (χ1) is 57.3. The van der Waals surface area contributed by atoms with E-state index >= 15 is 0 Å². The number of primary amides is 1. The normalized spacial score (nSPS) is 15.3. The van der Waals surface area contributed by atoms with E-state index in [0.717, 1.165) is 0 Å². The van der Waals surface area contributed by atoms with Crippen LogP contribution in [-0.2, 0) is 84.8 Å². The van der Waals surface area contributed by atoms with Crippen LogP contribution < -0.4 is 109 Å². The van der Waals surface area contributed by atoms with Crippen molar-refractivity contribution in [2.24, 2.45) is 85.6 Å². The maximum atomic E-state index is 14.8. The topological polar surface area (TPSA) is 688 Å². The number of carbonyl (C=O) groups is 15. The van der Waals surface area contributed by atoms with Crippen molar-refractivity contribution in [1.82, 2.24) is 79.1 Å². The fraction of sp³-hybridized carbons (Fsp3) is 0.675. The summed E-state index contributed by atoms with van der Waals surface area (Å²) >= 11 is 1.39. The van der Waals surface area contributed by atoms with Crippen molar-refractivity contribution in [1.29, 1.82) is 0 Å². The highest BCUT2D eigenvalue weighted by Gasteiger charge is 2.41. The Balaban J connectivity index is 2.60. The van der Waals surface area contributed by atoms with Gasteiger partial charge in [-0.1, -0.05) is 120 Å². The second kappa shape index (κ2) is 56.0. The second-order valence-electron chi connectivity index (χ2n) is 32.5. The van der Waals surface area contributed by atoms with E-state index in [0.29, 0.717) is 17.7 Å². The Labute approximate surface area is 718 Å². The van der Waals surface area contributed by atoms with Gasteiger partial charge in [-0.05, 0) is 137 Å². The van der Waals surface area contributed by atoms with Crippen LogP contribution in [-0.4, -0.2) is 243 Å². The highest BCUT2D eigenvalue weighted by atomic mass is 32.2. The SMILES string of the molecule is CC[C@H](C)[C@H](NC(=O)[C@H](CC(N)=O)NC(=O)[C@@H](NC(=O)[C@H](Cc1cnc[nH]1)NC(=O)[C@H](CCCN=C(N)N)NC(=O)[C@@H](NC(=O)[C@H](CCCCN)NC(=O)[C@H](CCCN=C(N)N)NC(=O)[C@H](CC(C)C)NC(=O)[C@@H](N)C(C)C)[C@@H](C)O)C(C)C)C(=O)N[C@@H](CC(C)C)C(=O)N[C@@H](CC(C)C)C(=O)N[C@@H](Cc1ccccc1)C(=O)N[C@@H](CCSC)C(=O)O. The number of aromatic amines is 1. The molecule has 0 aliphatic rings. The van der Waals surface area contributed by atoms with Gasteiger partial charge >= 0.3 is 5.97 Å². The van der Waals surface area contributed by atoms with E-state index in [1.54, 1.807) is 92.0 Å². The third kappa shape index (κ3) is 40.7. The molecule has 2 aromatic rings. The van der Waals surface area contributed by atoms with E-state index in [2.05, 4.69) is 89.1 Å². The number of aliphatic carboxylic acids is 1. The summed E-state index contributed by atoms with van der Waals surface area (Å²) in [7, 11) is 0. The molecule has 122 heavy (non-hydrogen) atoms. The van der Waals surface area contributed by atoms with Crippen molar-refractivity contribution in [2.45, 2.75) is 277 Å². The number of thioether (sulfide) groups is 1. The molecule has 0 saturated heterocycles. The number of carbonyl (C=O) groups excluding carboxylic acids is 14. The van der Waals surface area contributed by atoms with Gasteiger partial charge < -0.3 is 124 Å². The van der Waals surface area contributed by atoms with Crippen LogP contribution in [0.25, 0.3) is 0 Å². The quantitative estimate of drug-likeness (QED) is 0.0175. The van der Waals surface area contributed by atoms with E-state index in [-0.39, 0.29) is 144 Å². The number of aliphatic imine (C=N–C) groups is 2. The molecule has 1 aromatic heterocycles. The third-order valence-electron chi connectivity index (χ3n) is 19.7. The van der Waals surface area contributed by atoms with Crippen molar-refractivity contribution >= 4 is 112 Å². The lowest BCUT2D eigenvalue weighted by Gasteiger charge is -2.31. The number of aliphatic hydroxyl groups is 1. The van der Waals surface area contributed by atoms with Crippen molar-refractivity contribution in [3.63, 3.8) is 0 Å². The molecular weight excluding hydrogens is 1600 g/mol. The van der Waals surface area contributed by atoms with Crippen LogP contribution in [0.5, 0.6) is 0 Å². The Kier molecular flexibility index (Phi) is 49.3. The highest BCUT2D eigenvalue weighted by molar-refractivity contribution is 7.98. The molecule has 0 aliphatic heterocycles. The molecule has 0 fully saturated rings. The van der Waals surface area contributed by atoms with Crippen LogP contribution in [0.15, 0.2) is 52.8 Å². The van der Waals surface area contributed by atoms with Gasteiger partial charge in [0.05, 0.1) is 24.9 Å². The zero-order chi connectivity index (χ0) is 92.2. The Morgan fingerprint density at radius 3 is 1.25 bits per heavy atom. The summed E-state index contributed by atoms with van der Waals surface area (Å²) in [6.07, 6.45) is 2.29. The Morgan fingerprint density at radius 1 is 0.443 bits per heavy atom. The third-order valence-corrected chi connectivity index (χ3v) is 20.3. The molecule has 2 rings (SSSR count). The molecule has 0 spiro atoms. The Bertz CT molecular complexity index is 3750. The predicted molar refractivity (Wildman–Crippen MR) is 462 cm³/mol. The minimum atomic E-state index is -1.86. The lowest BCUT2D eigenvalue weighted by atomic mass is 9.95. The van der Waals surface area contributed by atoms with Gasteiger partial charge in [0.1, 0.15) is 78.5 Å². The molecule has 42 heteroatoms. The second-order valence-corrected chi connectivity index (χ2v) is 33.5. The fourth-order valence-corrected chi connectivity index (χ4v) is 13.1. The van der Waals surface area contributed by atoms with Crippen LogP contribution in [0.3, 0.4) is 0 Å². The average molecular weight is 1740 g/mol. The molecule has 41 nitrogen and oxygen atoms in total. The molecule has 16 atom stereocenters. The van der Waals surface area contributed by atoms with E-state index in [9.17, 15) is 82.1 Å². The van der Waals surface area contributed by atoms with Crippen molar-refractivity contribution in [2.75, 3.05) is 31.6 Å². The largest absolute Gasteiger partial charge is 0.480 e. The minimum Gasteiger partial charge on any atom is -0.480 e. The molecule has 1 heterocycles. The summed E-state index contributed by atoms with van der Waals surface area (Å²) in [4.78, 5) is 227. The number of nitrogens with two attached hydrogens (primary N) is 7. The van der Waals surface area contributed by atoms with Gasteiger partial charge in [0.25, 0.3) is 0 Å². The van der Waals surface area contributed by atoms with Gasteiger partial charge in [0.2, 0.25) is 82.7 Å². The summed E-state index contributed by atoms with van der Waals surface area (Å²) < 4.78 is 0. The zero-order valence-corrected chi connectivity index (χ0v) is 73.7. The smallest absolute Gasteiger partial charge is 0.326 e. The summed E-state index contributed by atoms with van der Waals surface area (Å²) in [5, 5.41) is 55.4. The van der Waals surface area contributed by atoms with Gasteiger partial charge in [0, 0.05) is 37.8 Å². The zero-order valence-electron chi connectivity index (χ0n) is 72.9. The summed E-state index contributed by atoms with van der Waals surface area (Å²) in [5.74, 6) is -16.7. The Morgan fingerprint density at radius 2 is 0.820 bits per heavy atom. The maximum Gasteiger partial charge on any atom is 0.326 e. The average Bonchev–Trinajstić information content (AvgIpc) is 0.891. The number of hydrogen-bond donors (Lipinski definition) is 23. The fourth-order valence-electron chi connectivity index (χ4n) is 12.6. The van der Waals surface area contributed by atoms with Crippen LogP contribution in [0.2, 0.25) is 0 Å². The van der Waals surface area contributed by atoms with Crippen molar-refractivity contribution in [3.8, 4) is 0 Å². The number of amides is 14. The maximum absolute atomic E-state index is 14.8. The van der Waals surface area contributed by atoms with Gasteiger partial charge in [-0.15, -0.1) is 0 Å². The number of imidazole rings is 1. The van der Waals surface area contributed by atoms with Gasteiger partial charge in [-0.3, -0.25) is 77.1 Å². The van der Waals surface area contributed by atoms with E-state index in [1.165, 1.54) is 45.1 Å². The first-order valence-corrected chi connectivity index (χ1v) is 42.9. The molecule has 0 bridgehead atoms. The molecule has 0 radical (unpaired) electrons. The predicted octanol–water partition coefficient (Wildman–Crippen LogP) is -3.35. The first kappa shape index (κ1) is 107. The molecule has 14 amide bonds. The van der Waals surface area contributed by atoms with Gasteiger partial charge in [-0.25, -0.2) is 9.78 Å². The summed E-state index contributed by atoms with van der Waals surface area (Å²) in [6, 6.07) is -11.5. The molecular formula is C80H138N24O17S. The number of rotatable bonds is 59. The molecule has 686 valence electrons. The molecule has 0 saturated carbocycles. The number of benzene rings is 1. The number of hydrogen-bond acceptors (Lipinski definition) is 22. The van der Waals surface area contributed by atoms with E-state index in [1.807, 2.05) is 13.8 Å². The number of carboxylic acid groups (broad SMARTS) is 1. The van der Waals surface area contributed by atoms with Gasteiger partial charge in [-0.2, -0.15) is 11.8 Å². The monoisotopic (exact) mass is 1740 g/mol. The number of nitrogens with zero attached hydrogens (tertiary/aromatic N) is 3. The van der Waals surface area contributed by atoms with Crippen LogP contribution in [0, 0.1) is 35.5 Å². The molecule has 0 aliphatic carbocycles. The van der Waals surface area contributed by atoms with Gasteiger partial charge in [0.15, 0.2) is 11.9 Å². The highest BCUT2D eigenvalue weighted by Crippen LogP contribution is 2.18. The van der Waals surface area contributed by atoms with Crippen molar-refractivity contribution in [3.05, 3.63) is 54.1 Å². The van der Waals surface area contributed by atoms with Crippen molar-refractivity contribution < 1.29 is 82.1 Å². The summed E-state index contributed by atoms with van der Waals surface area (Å²) in [6.45, 7) is 21.9. The van der Waals surface area contributed by atoms with Crippen LogP contribution in [0.1, 0.15) is 185 Å². The lowest BCUT2D eigenvalue weighted by molar-refractivity contribution is -0.142. The minimum absolute atomic E-state index is 0.00260. The van der Waals surface area contributed by atoms with E-state index in [4.69, 9.17) is 40.1 Å². The lowest BCUT2D eigenvalue weighted by Crippen LogP contribution is -2.63.